The van der Waals surface area contributed by atoms with Crippen LogP contribution in [0.3, 0.4) is 0 Å². The maximum absolute atomic E-state index is 10.9. The van der Waals surface area contributed by atoms with Crippen molar-refractivity contribution in [1.29, 1.82) is 0 Å². The molecule has 1 unspecified atom stereocenters. The Morgan fingerprint density at radius 1 is 1.12 bits per heavy atom. The van der Waals surface area contributed by atoms with Gasteiger partial charge in [-0.15, -0.1) is 0 Å². The SMILES string of the molecule is CS(=O)CCNc1ccc2ccccc2c1. The van der Waals surface area contributed by atoms with Crippen LogP contribution in [0.1, 0.15) is 0 Å². The standard InChI is InChI=1S/C13H15NOS/c1-16(15)9-8-14-13-7-6-11-4-2-3-5-12(11)10-13/h2-7,10,14H,8-9H2,1H3. The summed E-state index contributed by atoms with van der Waals surface area (Å²) in [6, 6.07) is 14.5. The molecular weight excluding hydrogens is 218 g/mol. The van der Waals surface area contributed by atoms with Gasteiger partial charge in [-0.3, -0.25) is 4.21 Å². The molecule has 0 aliphatic rings. The molecule has 2 nitrogen and oxygen atoms in total. The van der Waals surface area contributed by atoms with Crippen LogP contribution < -0.4 is 5.32 Å². The first kappa shape index (κ1) is 11.1. The number of fused-ring (bicyclic) bond motifs is 1. The second-order valence-electron chi connectivity index (χ2n) is 3.77. The van der Waals surface area contributed by atoms with E-state index in [0.29, 0.717) is 5.75 Å². The van der Waals surface area contributed by atoms with Crippen LogP contribution in [-0.2, 0) is 10.8 Å². The van der Waals surface area contributed by atoms with Gasteiger partial charge in [-0.05, 0) is 22.9 Å². The van der Waals surface area contributed by atoms with Gasteiger partial charge < -0.3 is 5.32 Å². The summed E-state index contributed by atoms with van der Waals surface area (Å²) in [6.07, 6.45) is 1.72. The maximum atomic E-state index is 10.9. The average molecular weight is 233 g/mol. The van der Waals surface area contributed by atoms with Crippen molar-refractivity contribution < 1.29 is 4.21 Å². The van der Waals surface area contributed by atoms with E-state index in [1.807, 2.05) is 12.1 Å². The molecule has 2 rings (SSSR count). The molecule has 1 N–H and O–H groups in total. The molecule has 0 aliphatic heterocycles. The van der Waals surface area contributed by atoms with E-state index in [-0.39, 0.29) is 0 Å². The van der Waals surface area contributed by atoms with Crippen molar-refractivity contribution in [2.24, 2.45) is 0 Å². The van der Waals surface area contributed by atoms with Crippen molar-refractivity contribution in [2.45, 2.75) is 0 Å². The zero-order chi connectivity index (χ0) is 11.4. The van der Waals surface area contributed by atoms with Crippen LogP contribution in [0, 0.1) is 0 Å². The molecule has 0 spiro atoms. The Kier molecular flexibility index (Phi) is 3.57. The highest BCUT2D eigenvalue weighted by Crippen LogP contribution is 2.18. The minimum absolute atomic E-state index is 0.687. The molecular formula is C13H15NOS. The summed E-state index contributed by atoms with van der Waals surface area (Å²) in [4.78, 5) is 0. The minimum Gasteiger partial charge on any atom is -0.384 e. The van der Waals surface area contributed by atoms with E-state index < -0.39 is 10.8 Å². The zero-order valence-corrected chi connectivity index (χ0v) is 10.1. The molecule has 0 heterocycles. The molecule has 0 saturated carbocycles. The lowest BCUT2D eigenvalue weighted by atomic mass is 10.1. The topological polar surface area (TPSA) is 29.1 Å². The normalized spacial score (nSPS) is 12.6. The molecule has 0 bridgehead atoms. The first-order chi connectivity index (χ1) is 7.75. The quantitative estimate of drug-likeness (QED) is 0.879. The first-order valence-corrected chi connectivity index (χ1v) is 7.01. The third-order valence-corrected chi connectivity index (χ3v) is 3.25. The molecule has 0 amide bonds. The zero-order valence-electron chi connectivity index (χ0n) is 9.27. The molecule has 16 heavy (non-hydrogen) atoms. The van der Waals surface area contributed by atoms with Crippen molar-refractivity contribution in [2.75, 3.05) is 23.9 Å². The van der Waals surface area contributed by atoms with E-state index >= 15 is 0 Å². The fraction of sp³-hybridized carbons (Fsp3) is 0.231. The van der Waals surface area contributed by atoms with Crippen molar-refractivity contribution in [3.05, 3.63) is 42.5 Å². The Morgan fingerprint density at radius 3 is 2.62 bits per heavy atom. The van der Waals surface area contributed by atoms with Crippen LogP contribution in [0.15, 0.2) is 42.5 Å². The third-order valence-electron chi connectivity index (χ3n) is 2.47. The molecule has 0 aliphatic carbocycles. The molecule has 0 aromatic heterocycles. The van der Waals surface area contributed by atoms with Gasteiger partial charge in [0.1, 0.15) is 0 Å². The maximum Gasteiger partial charge on any atom is 0.0405 e. The molecule has 1 atom stereocenters. The summed E-state index contributed by atoms with van der Waals surface area (Å²) in [7, 11) is -0.729. The van der Waals surface area contributed by atoms with Gasteiger partial charge in [-0.2, -0.15) is 0 Å². The summed E-state index contributed by atoms with van der Waals surface area (Å²) in [5, 5.41) is 5.74. The van der Waals surface area contributed by atoms with Gasteiger partial charge in [0.15, 0.2) is 0 Å². The average Bonchev–Trinajstić information content (AvgIpc) is 2.28. The van der Waals surface area contributed by atoms with E-state index in [1.54, 1.807) is 6.26 Å². The Labute approximate surface area is 98.1 Å². The minimum atomic E-state index is -0.729. The van der Waals surface area contributed by atoms with Crippen LogP contribution in [0.2, 0.25) is 0 Å². The molecule has 2 aromatic rings. The second kappa shape index (κ2) is 5.12. The van der Waals surface area contributed by atoms with Crippen LogP contribution in [0.25, 0.3) is 10.8 Å². The third kappa shape index (κ3) is 2.83. The van der Waals surface area contributed by atoms with E-state index in [4.69, 9.17) is 0 Å². The Hall–Kier alpha value is -1.35. The number of nitrogens with one attached hydrogen (secondary N) is 1. The highest BCUT2D eigenvalue weighted by molar-refractivity contribution is 7.84. The van der Waals surface area contributed by atoms with Crippen molar-refractivity contribution in [3.8, 4) is 0 Å². The lowest BCUT2D eigenvalue weighted by Gasteiger charge is -2.06. The number of hydrogen-bond donors (Lipinski definition) is 1. The lowest BCUT2D eigenvalue weighted by Crippen LogP contribution is -2.09. The molecule has 2 aromatic carbocycles. The van der Waals surface area contributed by atoms with Crippen molar-refractivity contribution >= 4 is 27.3 Å². The van der Waals surface area contributed by atoms with Gasteiger partial charge in [0.2, 0.25) is 0 Å². The van der Waals surface area contributed by atoms with Gasteiger partial charge in [-0.25, -0.2) is 0 Å². The van der Waals surface area contributed by atoms with E-state index in [1.165, 1.54) is 10.8 Å². The van der Waals surface area contributed by atoms with Gasteiger partial charge in [0, 0.05) is 35.0 Å². The smallest absolute Gasteiger partial charge is 0.0405 e. The first-order valence-electron chi connectivity index (χ1n) is 5.28. The number of hydrogen-bond acceptors (Lipinski definition) is 2. The van der Waals surface area contributed by atoms with Crippen LogP contribution in [0.4, 0.5) is 5.69 Å². The van der Waals surface area contributed by atoms with Crippen LogP contribution >= 0.6 is 0 Å². The summed E-state index contributed by atoms with van der Waals surface area (Å²) in [5.74, 6) is 0.687. The number of anilines is 1. The van der Waals surface area contributed by atoms with Crippen LogP contribution in [-0.4, -0.2) is 22.8 Å². The summed E-state index contributed by atoms with van der Waals surface area (Å²) in [5.41, 5.74) is 1.09. The highest BCUT2D eigenvalue weighted by Gasteiger charge is 1.96. The van der Waals surface area contributed by atoms with Crippen molar-refractivity contribution in [1.82, 2.24) is 0 Å². The fourth-order valence-electron chi connectivity index (χ4n) is 1.64. The summed E-state index contributed by atoms with van der Waals surface area (Å²) < 4.78 is 10.9. The Morgan fingerprint density at radius 2 is 1.88 bits per heavy atom. The molecule has 84 valence electrons. The van der Waals surface area contributed by atoms with Crippen molar-refractivity contribution in [3.63, 3.8) is 0 Å². The highest BCUT2D eigenvalue weighted by atomic mass is 32.2. The number of rotatable bonds is 4. The van der Waals surface area contributed by atoms with Crippen LogP contribution in [0.5, 0.6) is 0 Å². The van der Waals surface area contributed by atoms with E-state index in [2.05, 4.69) is 35.6 Å². The Balaban J connectivity index is 2.10. The largest absolute Gasteiger partial charge is 0.384 e. The Bertz CT molecular complexity index is 510. The van der Waals surface area contributed by atoms with E-state index in [0.717, 1.165) is 12.2 Å². The van der Waals surface area contributed by atoms with Gasteiger partial charge in [0.25, 0.3) is 0 Å². The van der Waals surface area contributed by atoms with Gasteiger partial charge >= 0.3 is 0 Å². The molecule has 0 fully saturated rings. The molecule has 0 radical (unpaired) electrons. The van der Waals surface area contributed by atoms with Gasteiger partial charge in [0.05, 0.1) is 0 Å². The van der Waals surface area contributed by atoms with E-state index in [9.17, 15) is 4.21 Å². The summed E-state index contributed by atoms with van der Waals surface area (Å²) in [6.45, 7) is 0.751. The predicted octanol–water partition coefficient (Wildman–Crippen LogP) is 2.63. The lowest BCUT2D eigenvalue weighted by molar-refractivity contribution is 0.687. The fourth-order valence-corrected chi connectivity index (χ4v) is 2.03. The molecule has 0 saturated heterocycles. The predicted molar refractivity (Wildman–Crippen MR) is 71.4 cm³/mol. The monoisotopic (exact) mass is 233 g/mol. The van der Waals surface area contributed by atoms with Gasteiger partial charge in [-0.1, -0.05) is 30.3 Å². The summed E-state index contributed by atoms with van der Waals surface area (Å²) >= 11 is 0. The number of benzene rings is 2. The second-order valence-corrected chi connectivity index (χ2v) is 5.32. The molecule has 3 heteroatoms.